The minimum absolute atomic E-state index is 0.0217. The van der Waals surface area contributed by atoms with E-state index in [0.29, 0.717) is 23.6 Å². The molecule has 23 heavy (non-hydrogen) atoms. The number of amides is 1. The maximum Gasteiger partial charge on any atom is 0.264 e. The standard InChI is InChI=1S/C18H21NO3S/c1-22-14-11-17(23-12-14)18(21)19(9-4-10-20)16-8-7-13-5-2-3-6-15(13)16/h2-3,5-6,11-12,16,20H,4,7-10H2,1H3. The number of ether oxygens (including phenoxy) is 1. The molecule has 1 aromatic carbocycles. The molecule has 0 fully saturated rings. The van der Waals surface area contributed by atoms with Gasteiger partial charge in [0, 0.05) is 24.6 Å². The average molecular weight is 331 g/mol. The number of methoxy groups -OCH3 is 1. The number of aliphatic hydroxyl groups excluding tert-OH is 1. The number of nitrogens with zero attached hydrogens (tertiary/aromatic N) is 1. The van der Waals surface area contributed by atoms with Crippen molar-refractivity contribution in [3.05, 3.63) is 51.7 Å². The molecule has 0 spiro atoms. The average Bonchev–Trinajstić information content (AvgIpc) is 3.22. The molecule has 0 bridgehead atoms. The lowest BCUT2D eigenvalue weighted by atomic mass is 10.1. The first-order valence-electron chi connectivity index (χ1n) is 7.86. The molecule has 0 aliphatic heterocycles. The number of aryl methyl sites for hydroxylation is 1. The van der Waals surface area contributed by atoms with Crippen LogP contribution in [0.3, 0.4) is 0 Å². The molecule has 1 atom stereocenters. The lowest BCUT2D eigenvalue weighted by Gasteiger charge is -2.29. The minimum atomic E-state index is 0.0217. The van der Waals surface area contributed by atoms with Crippen LogP contribution < -0.4 is 4.74 Å². The number of fused-ring (bicyclic) bond motifs is 1. The van der Waals surface area contributed by atoms with Gasteiger partial charge < -0.3 is 14.7 Å². The Balaban J connectivity index is 1.87. The van der Waals surface area contributed by atoms with E-state index in [2.05, 4.69) is 12.1 Å². The van der Waals surface area contributed by atoms with Crippen LogP contribution in [0, 0.1) is 0 Å². The first-order valence-corrected chi connectivity index (χ1v) is 8.74. The minimum Gasteiger partial charge on any atom is -0.496 e. The van der Waals surface area contributed by atoms with Crippen LogP contribution in [-0.4, -0.2) is 36.2 Å². The SMILES string of the molecule is COc1csc(C(=O)N(CCCO)C2CCc3ccccc32)c1. The van der Waals surface area contributed by atoms with Gasteiger partial charge in [-0.1, -0.05) is 24.3 Å². The Morgan fingerprint density at radius 1 is 1.43 bits per heavy atom. The second kappa shape index (κ2) is 7.15. The van der Waals surface area contributed by atoms with Crippen LogP contribution >= 0.6 is 11.3 Å². The number of benzene rings is 1. The third-order valence-electron chi connectivity index (χ3n) is 4.32. The Hall–Kier alpha value is -1.85. The zero-order chi connectivity index (χ0) is 16.2. The van der Waals surface area contributed by atoms with E-state index in [9.17, 15) is 9.90 Å². The predicted molar refractivity (Wildman–Crippen MR) is 91.1 cm³/mol. The summed E-state index contributed by atoms with van der Waals surface area (Å²) in [6, 6.07) is 10.2. The second-order valence-corrected chi connectivity index (χ2v) is 6.59. The molecule has 1 unspecified atom stereocenters. The normalized spacial score (nSPS) is 16.2. The highest BCUT2D eigenvalue weighted by atomic mass is 32.1. The van der Waals surface area contributed by atoms with Crippen molar-refractivity contribution in [3.63, 3.8) is 0 Å². The van der Waals surface area contributed by atoms with Crippen LogP contribution in [0.25, 0.3) is 0 Å². The van der Waals surface area contributed by atoms with E-state index in [1.165, 1.54) is 22.5 Å². The fraction of sp³-hybridized carbons (Fsp3) is 0.389. The van der Waals surface area contributed by atoms with E-state index in [-0.39, 0.29) is 18.6 Å². The van der Waals surface area contributed by atoms with E-state index >= 15 is 0 Å². The fourth-order valence-electron chi connectivity index (χ4n) is 3.18. The van der Waals surface area contributed by atoms with Crippen LogP contribution in [0.1, 0.15) is 39.7 Å². The van der Waals surface area contributed by atoms with Crippen molar-refractivity contribution in [3.8, 4) is 5.75 Å². The molecule has 1 amide bonds. The van der Waals surface area contributed by atoms with Gasteiger partial charge in [0.15, 0.2) is 0 Å². The van der Waals surface area contributed by atoms with Crippen molar-refractivity contribution in [1.82, 2.24) is 4.90 Å². The van der Waals surface area contributed by atoms with Crippen LogP contribution in [0.15, 0.2) is 35.7 Å². The molecule has 1 heterocycles. The first kappa shape index (κ1) is 16.0. The van der Waals surface area contributed by atoms with Gasteiger partial charge in [-0.05, 0) is 30.4 Å². The van der Waals surface area contributed by atoms with Crippen molar-refractivity contribution in [2.75, 3.05) is 20.3 Å². The summed E-state index contributed by atoms with van der Waals surface area (Å²) in [7, 11) is 1.60. The van der Waals surface area contributed by atoms with E-state index < -0.39 is 0 Å². The Morgan fingerprint density at radius 2 is 2.26 bits per heavy atom. The molecule has 1 aliphatic rings. The number of hydrogen-bond acceptors (Lipinski definition) is 4. The summed E-state index contributed by atoms with van der Waals surface area (Å²) in [5, 5.41) is 11.0. The van der Waals surface area contributed by atoms with Crippen molar-refractivity contribution >= 4 is 17.2 Å². The van der Waals surface area contributed by atoms with Gasteiger partial charge >= 0.3 is 0 Å². The predicted octanol–water partition coefficient (Wildman–Crippen LogP) is 3.27. The van der Waals surface area contributed by atoms with Crippen LogP contribution in [0.2, 0.25) is 0 Å². The quantitative estimate of drug-likeness (QED) is 0.884. The smallest absolute Gasteiger partial charge is 0.264 e. The fourth-order valence-corrected chi connectivity index (χ4v) is 3.99. The van der Waals surface area contributed by atoms with Crippen molar-refractivity contribution in [2.45, 2.75) is 25.3 Å². The van der Waals surface area contributed by atoms with Gasteiger partial charge in [-0.25, -0.2) is 0 Å². The largest absolute Gasteiger partial charge is 0.496 e. The molecule has 1 N–H and O–H groups in total. The zero-order valence-corrected chi connectivity index (χ0v) is 14.0. The summed E-state index contributed by atoms with van der Waals surface area (Å²) in [6.07, 6.45) is 2.53. The van der Waals surface area contributed by atoms with Gasteiger partial charge in [0.05, 0.1) is 18.0 Å². The van der Waals surface area contributed by atoms with E-state index in [4.69, 9.17) is 4.74 Å². The van der Waals surface area contributed by atoms with Crippen LogP contribution in [-0.2, 0) is 6.42 Å². The molecular weight excluding hydrogens is 310 g/mol. The zero-order valence-electron chi connectivity index (χ0n) is 13.2. The molecule has 5 heteroatoms. The summed E-state index contributed by atoms with van der Waals surface area (Å²) in [5.41, 5.74) is 2.56. The molecule has 4 nitrogen and oxygen atoms in total. The second-order valence-electron chi connectivity index (χ2n) is 5.68. The third-order valence-corrected chi connectivity index (χ3v) is 5.21. The highest BCUT2D eigenvalue weighted by Gasteiger charge is 2.31. The van der Waals surface area contributed by atoms with Gasteiger partial charge in [0.1, 0.15) is 5.75 Å². The Labute approximate surface area is 140 Å². The summed E-state index contributed by atoms with van der Waals surface area (Å²) in [4.78, 5) is 15.6. The summed E-state index contributed by atoms with van der Waals surface area (Å²) in [6.45, 7) is 0.653. The molecule has 0 saturated heterocycles. The van der Waals surface area contributed by atoms with Gasteiger partial charge in [-0.2, -0.15) is 0 Å². The topological polar surface area (TPSA) is 49.8 Å². The Kier molecular flexibility index (Phi) is 4.98. The van der Waals surface area contributed by atoms with E-state index in [0.717, 1.165) is 12.8 Å². The Bertz CT molecular complexity index is 682. The lowest BCUT2D eigenvalue weighted by molar-refractivity contribution is 0.0666. The molecule has 1 aliphatic carbocycles. The molecule has 1 aromatic heterocycles. The highest BCUT2D eigenvalue weighted by molar-refractivity contribution is 7.12. The number of carbonyl (C=O) groups is 1. The monoisotopic (exact) mass is 331 g/mol. The number of hydrogen-bond donors (Lipinski definition) is 1. The lowest BCUT2D eigenvalue weighted by Crippen LogP contribution is -2.34. The third kappa shape index (κ3) is 3.26. The summed E-state index contributed by atoms with van der Waals surface area (Å²) in [5.74, 6) is 0.737. The van der Waals surface area contributed by atoms with Gasteiger partial charge in [-0.3, -0.25) is 4.79 Å². The number of aliphatic hydroxyl groups is 1. The van der Waals surface area contributed by atoms with Gasteiger partial charge in [0.25, 0.3) is 5.91 Å². The molecule has 0 saturated carbocycles. The molecule has 2 aromatic rings. The van der Waals surface area contributed by atoms with Crippen molar-refractivity contribution in [1.29, 1.82) is 0 Å². The maximum atomic E-state index is 13.0. The number of carbonyl (C=O) groups excluding carboxylic acids is 1. The van der Waals surface area contributed by atoms with E-state index in [1.807, 2.05) is 22.4 Å². The highest BCUT2D eigenvalue weighted by Crippen LogP contribution is 2.37. The van der Waals surface area contributed by atoms with Crippen LogP contribution in [0.5, 0.6) is 5.75 Å². The van der Waals surface area contributed by atoms with Crippen molar-refractivity contribution in [2.24, 2.45) is 0 Å². The first-order chi connectivity index (χ1) is 11.2. The summed E-state index contributed by atoms with van der Waals surface area (Å²) < 4.78 is 5.19. The van der Waals surface area contributed by atoms with E-state index in [1.54, 1.807) is 13.2 Å². The van der Waals surface area contributed by atoms with Gasteiger partial charge in [-0.15, -0.1) is 11.3 Å². The number of thiophene rings is 1. The number of rotatable bonds is 6. The molecule has 122 valence electrons. The van der Waals surface area contributed by atoms with Crippen LogP contribution in [0.4, 0.5) is 0 Å². The molecule has 3 rings (SSSR count). The molecular formula is C18H21NO3S. The summed E-state index contributed by atoms with van der Waals surface area (Å²) >= 11 is 1.41. The van der Waals surface area contributed by atoms with Gasteiger partial charge in [0.2, 0.25) is 0 Å². The van der Waals surface area contributed by atoms with Crippen molar-refractivity contribution < 1.29 is 14.6 Å². The maximum absolute atomic E-state index is 13.0. The Morgan fingerprint density at radius 3 is 3.00 bits per heavy atom. The molecule has 0 radical (unpaired) electrons.